The van der Waals surface area contributed by atoms with Crippen molar-refractivity contribution < 1.29 is 4.79 Å². The standard InChI is InChI=1S/C11H9Cl5O/c12-6-8(11(15,16)4-5-17)7-2-1-3-9(13)10(7)14/h1-3,5,8H,4,6H2. The van der Waals surface area contributed by atoms with Crippen molar-refractivity contribution in [2.24, 2.45) is 0 Å². The highest BCUT2D eigenvalue weighted by Gasteiger charge is 2.36. The van der Waals surface area contributed by atoms with Crippen LogP contribution in [0, 0.1) is 0 Å². The van der Waals surface area contributed by atoms with Crippen LogP contribution in [0.25, 0.3) is 0 Å². The third kappa shape index (κ3) is 3.65. The molecular formula is C11H9Cl5O. The molecule has 1 unspecified atom stereocenters. The van der Waals surface area contributed by atoms with Crippen molar-refractivity contribution in [3.63, 3.8) is 0 Å². The molecule has 0 bridgehead atoms. The Hall–Kier alpha value is 0.340. The van der Waals surface area contributed by atoms with Crippen molar-refractivity contribution in [1.29, 1.82) is 0 Å². The lowest BCUT2D eigenvalue weighted by molar-refractivity contribution is -0.108. The van der Waals surface area contributed by atoms with Crippen molar-refractivity contribution in [1.82, 2.24) is 0 Å². The van der Waals surface area contributed by atoms with E-state index in [1.807, 2.05) is 0 Å². The number of halogens is 5. The van der Waals surface area contributed by atoms with Gasteiger partial charge < -0.3 is 4.79 Å². The van der Waals surface area contributed by atoms with E-state index in [0.717, 1.165) is 0 Å². The minimum Gasteiger partial charge on any atom is -0.303 e. The largest absolute Gasteiger partial charge is 0.303 e. The number of carbonyl (C=O) groups excluding carboxylic acids is 1. The Morgan fingerprint density at radius 2 is 1.94 bits per heavy atom. The van der Waals surface area contributed by atoms with Crippen molar-refractivity contribution in [3.05, 3.63) is 33.8 Å². The highest BCUT2D eigenvalue weighted by molar-refractivity contribution is 6.50. The average molecular weight is 334 g/mol. The molecule has 0 amide bonds. The molecule has 0 radical (unpaired) electrons. The van der Waals surface area contributed by atoms with Crippen LogP contribution in [0.2, 0.25) is 10.0 Å². The molecule has 1 aromatic rings. The summed E-state index contributed by atoms with van der Waals surface area (Å²) in [7, 11) is 0. The van der Waals surface area contributed by atoms with Crippen LogP contribution in [0.3, 0.4) is 0 Å². The zero-order valence-electron chi connectivity index (χ0n) is 8.60. The average Bonchev–Trinajstić information content (AvgIpc) is 2.24. The minimum absolute atomic E-state index is 0.0314. The zero-order chi connectivity index (χ0) is 13.1. The maximum atomic E-state index is 10.6. The molecule has 0 saturated heterocycles. The van der Waals surface area contributed by atoms with E-state index in [1.54, 1.807) is 18.2 Å². The van der Waals surface area contributed by atoms with E-state index in [-0.39, 0.29) is 12.3 Å². The van der Waals surface area contributed by atoms with Gasteiger partial charge >= 0.3 is 0 Å². The summed E-state index contributed by atoms with van der Waals surface area (Å²) in [6.07, 6.45) is 0.619. The van der Waals surface area contributed by atoms with Crippen LogP contribution in [0.4, 0.5) is 0 Å². The quantitative estimate of drug-likeness (QED) is 0.542. The Morgan fingerprint density at radius 1 is 1.29 bits per heavy atom. The maximum Gasteiger partial charge on any atom is 0.132 e. The number of hydrogen-bond acceptors (Lipinski definition) is 1. The van der Waals surface area contributed by atoms with Crippen LogP contribution in [-0.2, 0) is 4.79 Å². The van der Waals surface area contributed by atoms with Crippen LogP contribution < -0.4 is 0 Å². The second-order valence-corrected chi connectivity index (χ2v) is 6.12. The first-order valence-corrected chi connectivity index (χ1v) is 6.80. The molecule has 94 valence electrons. The molecule has 17 heavy (non-hydrogen) atoms. The van der Waals surface area contributed by atoms with Gasteiger partial charge in [-0.05, 0) is 11.6 Å². The smallest absolute Gasteiger partial charge is 0.132 e. The van der Waals surface area contributed by atoms with Gasteiger partial charge in [-0.3, -0.25) is 0 Å². The first-order chi connectivity index (χ1) is 7.94. The van der Waals surface area contributed by atoms with Crippen LogP contribution in [-0.4, -0.2) is 16.5 Å². The second-order valence-electron chi connectivity index (χ2n) is 3.48. The first kappa shape index (κ1) is 15.4. The highest BCUT2D eigenvalue weighted by Crippen LogP contribution is 2.44. The van der Waals surface area contributed by atoms with E-state index >= 15 is 0 Å². The van der Waals surface area contributed by atoms with Crippen LogP contribution in [0.1, 0.15) is 17.9 Å². The fourth-order valence-corrected chi connectivity index (χ4v) is 3.01. The molecule has 1 aromatic carbocycles. The Bertz CT molecular complexity index is 405. The zero-order valence-corrected chi connectivity index (χ0v) is 12.4. The normalized spacial score (nSPS) is 13.5. The summed E-state index contributed by atoms with van der Waals surface area (Å²) in [4.78, 5) is 10.6. The van der Waals surface area contributed by atoms with Crippen LogP contribution in [0.15, 0.2) is 18.2 Å². The number of carbonyl (C=O) groups is 1. The third-order valence-electron chi connectivity index (χ3n) is 2.38. The van der Waals surface area contributed by atoms with Gasteiger partial charge in [-0.25, -0.2) is 0 Å². The third-order valence-corrected chi connectivity index (χ3v) is 4.35. The Balaban J connectivity index is 3.18. The predicted molar refractivity (Wildman–Crippen MR) is 75.0 cm³/mol. The van der Waals surface area contributed by atoms with Gasteiger partial charge in [0.2, 0.25) is 0 Å². The Labute approximate surface area is 125 Å². The summed E-state index contributed by atoms with van der Waals surface area (Å²) in [5.41, 5.74) is 0.640. The Kier molecular flexibility index (Phi) is 5.88. The molecular weight excluding hydrogens is 325 g/mol. The van der Waals surface area contributed by atoms with E-state index < -0.39 is 10.3 Å². The first-order valence-electron chi connectivity index (χ1n) is 4.75. The van der Waals surface area contributed by atoms with Gasteiger partial charge in [-0.1, -0.05) is 35.3 Å². The van der Waals surface area contributed by atoms with Gasteiger partial charge in [0, 0.05) is 18.2 Å². The Morgan fingerprint density at radius 3 is 2.47 bits per heavy atom. The number of alkyl halides is 3. The molecule has 0 aromatic heterocycles. The van der Waals surface area contributed by atoms with E-state index in [9.17, 15) is 4.79 Å². The summed E-state index contributed by atoms with van der Waals surface area (Å²) < 4.78 is -1.29. The van der Waals surface area contributed by atoms with Gasteiger partial charge in [0.25, 0.3) is 0 Å². The molecule has 0 N–H and O–H groups in total. The van der Waals surface area contributed by atoms with Gasteiger partial charge in [0.1, 0.15) is 10.6 Å². The molecule has 0 aliphatic carbocycles. The van der Waals surface area contributed by atoms with Gasteiger partial charge in [-0.2, -0.15) is 0 Å². The predicted octanol–water partition coefficient (Wildman–Crippen LogP) is 5.08. The summed E-state index contributed by atoms with van der Waals surface area (Å²) >= 11 is 30.1. The topological polar surface area (TPSA) is 17.1 Å². The van der Waals surface area contributed by atoms with Crippen molar-refractivity contribution in [2.75, 3.05) is 5.88 Å². The summed E-state index contributed by atoms with van der Waals surface area (Å²) in [5.74, 6) is -0.329. The fraction of sp³-hybridized carbons (Fsp3) is 0.364. The summed E-state index contributed by atoms with van der Waals surface area (Å²) in [6.45, 7) is 0. The van der Waals surface area contributed by atoms with Crippen LogP contribution in [0.5, 0.6) is 0 Å². The molecule has 1 nitrogen and oxygen atoms in total. The molecule has 0 saturated carbocycles. The molecule has 0 aliphatic rings. The highest BCUT2D eigenvalue weighted by atomic mass is 35.5. The minimum atomic E-state index is -1.29. The number of aldehydes is 1. The lowest BCUT2D eigenvalue weighted by atomic mass is 9.95. The van der Waals surface area contributed by atoms with Gasteiger partial charge in [0.05, 0.1) is 10.0 Å². The molecule has 1 atom stereocenters. The molecule has 6 heteroatoms. The van der Waals surface area contributed by atoms with E-state index in [4.69, 9.17) is 58.0 Å². The van der Waals surface area contributed by atoms with Crippen LogP contribution >= 0.6 is 58.0 Å². The molecule has 1 rings (SSSR count). The monoisotopic (exact) mass is 332 g/mol. The lowest BCUT2D eigenvalue weighted by Crippen LogP contribution is -2.26. The maximum absolute atomic E-state index is 10.6. The van der Waals surface area contributed by atoms with Gasteiger partial charge in [-0.15, -0.1) is 34.8 Å². The van der Waals surface area contributed by atoms with Crippen molar-refractivity contribution in [2.45, 2.75) is 16.7 Å². The summed E-state index contributed by atoms with van der Waals surface area (Å²) in [6, 6.07) is 5.13. The number of benzene rings is 1. The number of hydrogen-bond donors (Lipinski definition) is 0. The summed E-state index contributed by atoms with van der Waals surface area (Å²) in [5, 5.41) is 0.755. The van der Waals surface area contributed by atoms with E-state index in [2.05, 4.69) is 0 Å². The molecule has 0 fully saturated rings. The van der Waals surface area contributed by atoms with Crippen molar-refractivity contribution >= 4 is 64.3 Å². The molecule has 0 aliphatic heterocycles. The van der Waals surface area contributed by atoms with E-state index in [1.165, 1.54) is 0 Å². The second kappa shape index (κ2) is 6.49. The number of rotatable bonds is 5. The fourth-order valence-electron chi connectivity index (χ4n) is 1.47. The molecule has 0 spiro atoms. The SMILES string of the molecule is O=CCC(Cl)(Cl)C(CCl)c1cccc(Cl)c1Cl. The van der Waals surface area contributed by atoms with Gasteiger partial charge in [0.15, 0.2) is 0 Å². The molecule has 0 heterocycles. The van der Waals surface area contributed by atoms with Crippen molar-refractivity contribution in [3.8, 4) is 0 Å². The van der Waals surface area contributed by atoms with E-state index in [0.29, 0.717) is 21.9 Å². The lowest BCUT2D eigenvalue weighted by Gasteiger charge is -2.28.